The quantitative estimate of drug-likeness (QED) is 0.836. The Hall–Kier alpha value is -1.02. The molecule has 1 N–H and O–H groups in total. The highest BCUT2D eigenvalue weighted by molar-refractivity contribution is 5.49. The average molecular weight is 274 g/mol. The lowest BCUT2D eigenvalue weighted by Crippen LogP contribution is -2.35. The van der Waals surface area contributed by atoms with E-state index in [1.165, 1.54) is 30.6 Å². The van der Waals surface area contributed by atoms with Gasteiger partial charge in [-0.05, 0) is 57.2 Å². The van der Waals surface area contributed by atoms with Crippen LogP contribution in [-0.4, -0.2) is 18.1 Å². The monoisotopic (exact) mass is 274 g/mol. The van der Waals surface area contributed by atoms with Gasteiger partial charge in [0.1, 0.15) is 0 Å². The Morgan fingerprint density at radius 3 is 2.20 bits per heavy atom. The van der Waals surface area contributed by atoms with E-state index in [1.54, 1.807) is 0 Å². The number of hydrogen-bond acceptors (Lipinski definition) is 2. The minimum Gasteiger partial charge on any atom is -0.368 e. The summed E-state index contributed by atoms with van der Waals surface area (Å²) < 4.78 is 0. The van der Waals surface area contributed by atoms with Crippen LogP contribution < -0.4 is 10.2 Å². The van der Waals surface area contributed by atoms with Gasteiger partial charge in [0.05, 0.1) is 0 Å². The fourth-order valence-corrected chi connectivity index (χ4v) is 2.42. The summed E-state index contributed by atoms with van der Waals surface area (Å²) in [4.78, 5) is 2.59. The van der Waals surface area contributed by atoms with Crippen molar-refractivity contribution in [2.75, 3.05) is 11.4 Å². The molecule has 0 amide bonds. The van der Waals surface area contributed by atoms with Crippen molar-refractivity contribution in [2.45, 2.75) is 65.6 Å². The number of rotatable bonds is 6. The number of anilines is 1. The summed E-state index contributed by atoms with van der Waals surface area (Å²) in [5, 5.41) is 3.54. The molecule has 0 spiro atoms. The summed E-state index contributed by atoms with van der Waals surface area (Å²) in [5.74, 6) is 0.720. The van der Waals surface area contributed by atoms with Crippen molar-refractivity contribution in [3.8, 4) is 0 Å². The topological polar surface area (TPSA) is 15.3 Å². The molecule has 0 aromatic heterocycles. The van der Waals surface area contributed by atoms with Crippen LogP contribution in [0.5, 0.6) is 0 Å². The third-order valence-corrected chi connectivity index (χ3v) is 3.64. The van der Waals surface area contributed by atoms with Crippen molar-refractivity contribution in [2.24, 2.45) is 5.92 Å². The summed E-state index contributed by atoms with van der Waals surface area (Å²) in [6.07, 6.45) is 2.72. The molecule has 0 atom stereocenters. The molecule has 0 radical (unpaired) electrons. The van der Waals surface area contributed by atoms with Gasteiger partial charge in [-0.2, -0.15) is 0 Å². The fourth-order valence-electron chi connectivity index (χ4n) is 2.42. The van der Waals surface area contributed by atoms with Crippen LogP contribution in [0.4, 0.5) is 5.69 Å². The fraction of sp³-hybridized carbons (Fsp3) is 0.667. The van der Waals surface area contributed by atoms with E-state index in [4.69, 9.17) is 0 Å². The van der Waals surface area contributed by atoms with Crippen molar-refractivity contribution in [1.29, 1.82) is 0 Å². The van der Waals surface area contributed by atoms with Gasteiger partial charge in [-0.1, -0.05) is 26.0 Å². The SMILES string of the molecule is CC(C)CN(c1ccc(CNC(C)(C)C)cc1)C1CC1. The Balaban J connectivity index is 1.99. The second-order valence-electron chi connectivity index (χ2n) is 7.55. The Bertz CT molecular complexity index is 410. The van der Waals surface area contributed by atoms with Gasteiger partial charge in [-0.3, -0.25) is 0 Å². The van der Waals surface area contributed by atoms with E-state index in [0.29, 0.717) is 0 Å². The van der Waals surface area contributed by atoms with Gasteiger partial charge in [-0.15, -0.1) is 0 Å². The highest BCUT2D eigenvalue weighted by Crippen LogP contribution is 2.32. The van der Waals surface area contributed by atoms with Gasteiger partial charge >= 0.3 is 0 Å². The van der Waals surface area contributed by atoms with Crippen LogP contribution >= 0.6 is 0 Å². The molecule has 0 unspecified atom stereocenters. The van der Waals surface area contributed by atoms with E-state index >= 15 is 0 Å². The van der Waals surface area contributed by atoms with Gasteiger partial charge < -0.3 is 10.2 Å². The first-order chi connectivity index (χ1) is 9.35. The molecular formula is C18H30N2. The predicted octanol–water partition coefficient (Wildman–Crippen LogP) is 4.20. The third-order valence-electron chi connectivity index (χ3n) is 3.64. The van der Waals surface area contributed by atoms with E-state index < -0.39 is 0 Å². The Labute approximate surface area is 124 Å². The molecule has 2 rings (SSSR count). The third kappa shape index (κ3) is 4.82. The van der Waals surface area contributed by atoms with Crippen LogP contribution in [-0.2, 0) is 6.54 Å². The summed E-state index contributed by atoms with van der Waals surface area (Å²) in [5.41, 5.74) is 2.93. The molecule has 0 saturated heterocycles. The van der Waals surface area contributed by atoms with E-state index in [2.05, 4.69) is 69.1 Å². The number of nitrogens with one attached hydrogen (secondary N) is 1. The molecule has 2 nitrogen and oxygen atoms in total. The van der Waals surface area contributed by atoms with Crippen molar-refractivity contribution in [1.82, 2.24) is 5.32 Å². The van der Waals surface area contributed by atoms with Gasteiger partial charge in [0.25, 0.3) is 0 Å². The van der Waals surface area contributed by atoms with Crippen molar-refractivity contribution in [3.63, 3.8) is 0 Å². The van der Waals surface area contributed by atoms with Gasteiger partial charge in [0.15, 0.2) is 0 Å². The van der Waals surface area contributed by atoms with E-state index in [0.717, 1.165) is 18.5 Å². The zero-order valence-corrected chi connectivity index (χ0v) is 13.7. The smallest absolute Gasteiger partial charge is 0.0368 e. The first-order valence-electron chi connectivity index (χ1n) is 7.96. The Kier molecular flexibility index (Phi) is 4.74. The average Bonchev–Trinajstić information content (AvgIpc) is 3.17. The van der Waals surface area contributed by atoms with Crippen molar-refractivity contribution in [3.05, 3.63) is 29.8 Å². The number of hydrogen-bond donors (Lipinski definition) is 1. The van der Waals surface area contributed by atoms with Crippen LogP contribution in [0.15, 0.2) is 24.3 Å². The molecule has 1 aromatic rings. The molecule has 1 aromatic carbocycles. The van der Waals surface area contributed by atoms with Crippen LogP contribution in [0.2, 0.25) is 0 Å². The number of benzene rings is 1. The maximum Gasteiger partial charge on any atom is 0.0368 e. The highest BCUT2D eigenvalue weighted by Gasteiger charge is 2.29. The molecule has 0 bridgehead atoms. The minimum atomic E-state index is 0.177. The molecule has 1 saturated carbocycles. The van der Waals surface area contributed by atoms with E-state index in [-0.39, 0.29) is 5.54 Å². The summed E-state index contributed by atoms with van der Waals surface area (Å²) >= 11 is 0. The molecule has 1 aliphatic rings. The zero-order valence-electron chi connectivity index (χ0n) is 13.7. The first kappa shape index (κ1) is 15.4. The van der Waals surface area contributed by atoms with Crippen LogP contribution in [0, 0.1) is 5.92 Å². The van der Waals surface area contributed by atoms with Crippen LogP contribution in [0.3, 0.4) is 0 Å². The molecule has 2 heteroatoms. The Morgan fingerprint density at radius 1 is 1.15 bits per heavy atom. The number of nitrogens with zero attached hydrogens (tertiary/aromatic N) is 1. The highest BCUT2D eigenvalue weighted by atomic mass is 15.2. The lowest BCUT2D eigenvalue weighted by Gasteiger charge is -2.27. The van der Waals surface area contributed by atoms with Crippen LogP contribution in [0.25, 0.3) is 0 Å². The van der Waals surface area contributed by atoms with E-state index in [9.17, 15) is 0 Å². The van der Waals surface area contributed by atoms with Crippen molar-refractivity contribution < 1.29 is 0 Å². The summed E-state index contributed by atoms with van der Waals surface area (Å²) in [7, 11) is 0. The summed E-state index contributed by atoms with van der Waals surface area (Å²) in [6, 6.07) is 9.91. The molecule has 1 aliphatic carbocycles. The maximum absolute atomic E-state index is 3.54. The molecule has 20 heavy (non-hydrogen) atoms. The van der Waals surface area contributed by atoms with Crippen molar-refractivity contribution >= 4 is 5.69 Å². The van der Waals surface area contributed by atoms with Crippen LogP contribution in [0.1, 0.15) is 53.0 Å². The normalized spacial score (nSPS) is 15.7. The molecule has 112 valence electrons. The predicted molar refractivity (Wildman–Crippen MR) is 88.2 cm³/mol. The maximum atomic E-state index is 3.54. The Morgan fingerprint density at radius 2 is 1.75 bits per heavy atom. The second kappa shape index (κ2) is 6.17. The first-order valence-corrected chi connectivity index (χ1v) is 7.96. The molecule has 0 aliphatic heterocycles. The van der Waals surface area contributed by atoms with Gasteiger partial charge in [-0.25, -0.2) is 0 Å². The van der Waals surface area contributed by atoms with E-state index in [1.807, 2.05) is 0 Å². The molecule has 0 heterocycles. The largest absolute Gasteiger partial charge is 0.368 e. The second-order valence-corrected chi connectivity index (χ2v) is 7.55. The molecular weight excluding hydrogens is 244 g/mol. The molecule has 1 fully saturated rings. The zero-order chi connectivity index (χ0) is 14.8. The van der Waals surface area contributed by atoms with Gasteiger partial charge in [0, 0.05) is 30.4 Å². The lowest BCUT2D eigenvalue weighted by atomic mass is 10.1. The lowest BCUT2D eigenvalue weighted by molar-refractivity contribution is 0.424. The minimum absolute atomic E-state index is 0.177. The van der Waals surface area contributed by atoms with Gasteiger partial charge in [0.2, 0.25) is 0 Å². The summed E-state index contributed by atoms with van der Waals surface area (Å²) in [6.45, 7) is 13.3. The standard InChI is InChI=1S/C18H30N2/c1-14(2)13-20(17-10-11-17)16-8-6-15(7-9-16)12-19-18(3,4)5/h6-9,14,17,19H,10-13H2,1-5H3.